The molecule has 0 aliphatic heterocycles. The first kappa shape index (κ1) is 22.3. The molecule has 7 nitrogen and oxygen atoms in total. The zero-order chi connectivity index (χ0) is 22.6. The van der Waals surface area contributed by atoms with Gasteiger partial charge in [-0.1, -0.05) is 30.3 Å². The van der Waals surface area contributed by atoms with Crippen molar-refractivity contribution in [1.29, 1.82) is 0 Å². The van der Waals surface area contributed by atoms with E-state index in [-0.39, 0.29) is 27.1 Å². The molecule has 0 radical (unpaired) electrons. The van der Waals surface area contributed by atoms with Crippen molar-refractivity contribution in [2.24, 2.45) is 0 Å². The van der Waals surface area contributed by atoms with Crippen LogP contribution in [0.3, 0.4) is 0 Å². The van der Waals surface area contributed by atoms with Crippen molar-refractivity contribution in [3.63, 3.8) is 0 Å². The molecule has 4 aromatic rings. The largest absolute Gasteiger partial charge is 0.260 e. The number of sulfonamides is 1. The minimum Gasteiger partial charge on any atom is -0.260 e. The van der Waals surface area contributed by atoms with E-state index in [4.69, 9.17) is 0 Å². The van der Waals surface area contributed by atoms with E-state index in [9.17, 15) is 16.8 Å². The van der Waals surface area contributed by atoms with Gasteiger partial charge >= 0.3 is 0 Å². The first-order chi connectivity index (χ1) is 15.4. The number of aromatic nitrogens is 2. The molecule has 32 heavy (non-hydrogen) atoms. The monoisotopic (exact) mass is 485 g/mol. The average Bonchev–Trinajstić information content (AvgIpc) is 3.33. The van der Waals surface area contributed by atoms with Gasteiger partial charge in [0.2, 0.25) is 9.84 Å². The van der Waals surface area contributed by atoms with Crippen LogP contribution in [0.2, 0.25) is 0 Å². The normalized spacial score (nSPS) is 12.2. The van der Waals surface area contributed by atoms with Crippen molar-refractivity contribution in [2.45, 2.75) is 27.1 Å². The van der Waals surface area contributed by atoms with Crippen molar-refractivity contribution < 1.29 is 16.8 Å². The molecular formula is C22H19N3O4S3. The number of hydrogen-bond donors (Lipinski definition) is 0. The Morgan fingerprint density at radius 3 is 1.81 bits per heavy atom. The van der Waals surface area contributed by atoms with E-state index >= 15 is 0 Å². The predicted molar refractivity (Wildman–Crippen MR) is 121 cm³/mol. The van der Waals surface area contributed by atoms with E-state index in [2.05, 4.69) is 9.97 Å². The molecule has 4 rings (SSSR count). The molecule has 10 heteroatoms. The third-order valence-corrected chi connectivity index (χ3v) is 9.74. The summed E-state index contributed by atoms with van der Waals surface area (Å²) < 4.78 is 54.0. The Labute approximate surface area is 191 Å². The molecule has 164 valence electrons. The van der Waals surface area contributed by atoms with Gasteiger partial charge in [0.05, 0.1) is 34.3 Å². The Morgan fingerprint density at radius 2 is 1.28 bits per heavy atom. The standard InChI is InChI=1S/C22H19N3O4S3/c26-31(27,20-10-2-1-3-11-20)21-14-22(30-17-21)32(28,29)25(15-18-8-4-6-12-23-18)16-19-9-5-7-13-24-19/h1-14,17H,15-16H2. The number of thiophene rings is 1. The second-order valence-corrected chi connectivity index (χ2v) is 11.9. The van der Waals surface area contributed by atoms with Crippen LogP contribution in [0.4, 0.5) is 0 Å². The molecule has 3 heterocycles. The van der Waals surface area contributed by atoms with Gasteiger partial charge in [-0.15, -0.1) is 11.3 Å². The summed E-state index contributed by atoms with van der Waals surface area (Å²) >= 11 is 0.878. The Balaban J connectivity index is 1.70. The van der Waals surface area contributed by atoms with E-state index in [1.807, 2.05) is 0 Å². The fourth-order valence-corrected chi connectivity index (χ4v) is 7.45. The second-order valence-electron chi connectivity index (χ2n) is 6.83. The zero-order valence-electron chi connectivity index (χ0n) is 16.8. The SMILES string of the molecule is O=S(=O)(c1ccccc1)c1csc(S(=O)(=O)N(Cc2ccccn2)Cc2ccccn2)c1. The third-order valence-electron chi connectivity index (χ3n) is 4.64. The van der Waals surface area contributed by atoms with Gasteiger partial charge in [-0.2, -0.15) is 4.31 Å². The summed E-state index contributed by atoms with van der Waals surface area (Å²) in [6.07, 6.45) is 3.19. The summed E-state index contributed by atoms with van der Waals surface area (Å²) in [5.74, 6) is 0. The molecule has 0 atom stereocenters. The fourth-order valence-electron chi connectivity index (χ4n) is 3.01. The lowest BCUT2D eigenvalue weighted by Gasteiger charge is -2.20. The van der Waals surface area contributed by atoms with Crippen molar-refractivity contribution in [2.75, 3.05) is 0 Å². The highest BCUT2D eigenvalue weighted by atomic mass is 32.2. The lowest BCUT2D eigenvalue weighted by Crippen LogP contribution is -2.30. The fraction of sp³-hybridized carbons (Fsp3) is 0.0909. The van der Waals surface area contributed by atoms with Gasteiger partial charge in [0.25, 0.3) is 10.0 Å². The van der Waals surface area contributed by atoms with Crippen LogP contribution >= 0.6 is 11.3 Å². The minimum atomic E-state index is -4.01. The molecular weight excluding hydrogens is 466 g/mol. The van der Waals surface area contributed by atoms with Crippen LogP contribution in [-0.2, 0) is 33.0 Å². The summed E-state index contributed by atoms with van der Waals surface area (Å²) in [5.41, 5.74) is 1.14. The van der Waals surface area contributed by atoms with Gasteiger partial charge in [0.15, 0.2) is 0 Å². The third kappa shape index (κ3) is 4.78. The average molecular weight is 486 g/mol. The van der Waals surface area contributed by atoms with Crippen molar-refractivity contribution in [1.82, 2.24) is 14.3 Å². The summed E-state index contributed by atoms with van der Waals surface area (Å²) in [7, 11) is -7.83. The van der Waals surface area contributed by atoms with Gasteiger partial charge in [-0.3, -0.25) is 9.97 Å². The van der Waals surface area contributed by atoms with Crippen molar-refractivity contribution in [3.05, 3.63) is 102 Å². The highest BCUT2D eigenvalue weighted by molar-refractivity contribution is 7.92. The van der Waals surface area contributed by atoms with E-state index < -0.39 is 19.9 Å². The Hall–Kier alpha value is -2.92. The number of sulfone groups is 1. The Kier molecular flexibility index (Phi) is 6.47. The lowest BCUT2D eigenvalue weighted by molar-refractivity contribution is 0.394. The molecule has 0 unspecified atom stereocenters. The van der Waals surface area contributed by atoms with Gasteiger partial charge in [0, 0.05) is 17.8 Å². The molecule has 0 aliphatic rings. The van der Waals surface area contributed by atoms with Crippen LogP contribution in [-0.4, -0.2) is 31.1 Å². The maximum Gasteiger partial charge on any atom is 0.253 e. The maximum atomic E-state index is 13.5. The first-order valence-corrected chi connectivity index (χ1v) is 13.4. The van der Waals surface area contributed by atoms with E-state index in [1.165, 1.54) is 27.9 Å². The van der Waals surface area contributed by atoms with Crippen LogP contribution < -0.4 is 0 Å². The molecule has 0 aliphatic carbocycles. The smallest absolute Gasteiger partial charge is 0.253 e. The molecule has 0 spiro atoms. The highest BCUT2D eigenvalue weighted by Gasteiger charge is 2.29. The van der Waals surface area contributed by atoms with Crippen LogP contribution in [0.15, 0.2) is 105 Å². The Morgan fingerprint density at radius 1 is 0.719 bits per heavy atom. The van der Waals surface area contributed by atoms with Crippen molar-refractivity contribution in [3.8, 4) is 0 Å². The number of pyridine rings is 2. The summed E-state index contributed by atoms with van der Waals surface area (Å²) in [5, 5.41) is 1.36. The molecule has 0 amide bonds. The van der Waals surface area contributed by atoms with Crippen LogP contribution in [0, 0.1) is 0 Å². The molecule has 0 saturated heterocycles. The molecule has 1 aromatic carbocycles. The number of nitrogens with zero attached hydrogens (tertiary/aromatic N) is 3. The van der Waals surface area contributed by atoms with Crippen LogP contribution in [0.1, 0.15) is 11.4 Å². The summed E-state index contributed by atoms with van der Waals surface area (Å²) in [6, 6.07) is 19.7. The van der Waals surface area contributed by atoms with Gasteiger partial charge in [-0.05, 0) is 42.5 Å². The molecule has 0 N–H and O–H groups in total. The Bertz CT molecular complexity index is 1350. The maximum absolute atomic E-state index is 13.5. The lowest BCUT2D eigenvalue weighted by atomic mass is 10.3. The molecule has 0 saturated carbocycles. The topological polar surface area (TPSA) is 97.3 Å². The van der Waals surface area contributed by atoms with E-state index in [0.29, 0.717) is 11.4 Å². The zero-order valence-corrected chi connectivity index (χ0v) is 19.2. The van der Waals surface area contributed by atoms with Gasteiger partial charge < -0.3 is 0 Å². The highest BCUT2D eigenvalue weighted by Crippen LogP contribution is 2.31. The van der Waals surface area contributed by atoms with Crippen molar-refractivity contribution >= 4 is 31.2 Å². The summed E-state index contributed by atoms with van der Waals surface area (Å²) in [6.45, 7) is 0.0524. The quantitative estimate of drug-likeness (QED) is 0.377. The van der Waals surface area contributed by atoms with Crippen LogP contribution in [0.25, 0.3) is 0 Å². The van der Waals surface area contributed by atoms with E-state index in [1.54, 1.807) is 67.0 Å². The van der Waals surface area contributed by atoms with Gasteiger partial charge in [0.1, 0.15) is 4.21 Å². The molecule has 3 aromatic heterocycles. The van der Waals surface area contributed by atoms with Gasteiger partial charge in [-0.25, -0.2) is 16.8 Å². The van der Waals surface area contributed by atoms with Crippen LogP contribution in [0.5, 0.6) is 0 Å². The number of rotatable bonds is 8. The first-order valence-electron chi connectivity index (χ1n) is 9.56. The molecule has 0 fully saturated rings. The van der Waals surface area contributed by atoms with E-state index in [0.717, 1.165) is 11.3 Å². The summed E-state index contributed by atoms with van der Waals surface area (Å²) in [4.78, 5) is 8.52. The second kappa shape index (κ2) is 9.29. The minimum absolute atomic E-state index is 0.0262. The predicted octanol–water partition coefficient (Wildman–Crippen LogP) is 3.76. The number of benzene rings is 1. The molecule has 0 bridgehead atoms. The number of hydrogen-bond acceptors (Lipinski definition) is 7.